The molecule has 0 aromatic heterocycles. The van der Waals surface area contributed by atoms with Gasteiger partial charge in [-0.15, -0.1) is 0 Å². The standard InChI is InChI=1S/C15H15Br2NO/c1-9-4-3-5-11(14(9)17)15(18)10-6-7-13(19-2)12(16)8-10/h3-8,15H,18H2,1-2H3. The highest BCUT2D eigenvalue weighted by molar-refractivity contribution is 9.10. The SMILES string of the molecule is COc1ccc(C(N)c2cccc(C)c2Br)cc1Br. The minimum Gasteiger partial charge on any atom is -0.496 e. The number of nitrogens with two attached hydrogens (primary N) is 1. The summed E-state index contributed by atoms with van der Waals surface area (Å²) in [6.45, 7) is 2.06. The Bertz CT molecular complexity index is 599. The van der Waals surface area contributed by atoms with Crippen molar-refractivity contribution in [1.82, 2.24) is 0 Å². The molecule has 2 aromatic rings. The molecule has 2 aromatic carbocycles. The zero-order valence-electron chi connectivity index (χ0n) is 10.8. The average molecular weight is 385 g/mol. The highest BCUT2D eigenvalue weighted by Crippen LogP contribution is 2.33. The van der Waals surface area contributed by atoms with E-state index >= 15 is 0 Å². The van der Waals surface area contributed by atoms with Crippen molar-refractivity contribution in [3.63, 3.8) is 0 Å². The molecule has 4 heteroatoms. The minimum atomic E-state index is -0.170. The first-order chi connectivity index (χ1) is 9.04. The number of benzene rings is 2. The van der Waals surface area contributed by atoms with Crippen LogP contribution in [-0.2, 0) is 0 Å². The Hall–Kier alpha value is -0.840. The zero-order chi connectivity index (χ0) is 14.0. The molecular weight excluding hydrogens is 370 g/mol. The van der Waals surface area contributed by atoms with Crippen LogP contribution in [0.2, 0.25) is 0 Å². The van der Waals surface area contributed by atoms with Gasteiger partial charge in [0.2, 0.25) is 0 Å². The van der Waals surface area contributed by atoms with E-state index in [1.165, 1.54) is 5.56 Å². The van der Waals surface area contributed by atoms with Crippen LogP contribution in [0.3, 0.4) is 0 Å². The smallest absolute Gasteiger partial charge is 0.133 e. The molecule has 0 saturated carbocycles. The summed E-state index contributed by atoms with van der Waals surface area (Å²) in [6.07, 6.45) is 0. The first-order valence-electron chi connectivity index (χ1n) is 5.88. The number of aryl methyl sites for hydroxylation is 1. The Morgan fingerprint density at radius 2 is 1.89 bits per heavy atom. The van der Waals surface area contributed by atoms with Crippen LogP contribution in [0.15, 0.2) is 45.3 Å². The maximum absolute atomic E-state index is 6.35. The van der Waals surface area contributed by atoms with Gasteiger partial charge in [-0.25, -0.2) is 0 Å². The first-order valence-corrected chi connectivity index (χ1v) is 7.47. The van der Waals surface area contributed by atoms with Crippen molar-refractivity contribution in [2.24, 2.45) is 5.73 Å². The van der Waals surface area contributed by atoms with Crippen LogP contribution in [0.1, 0.15) is 22.7 Å². The third-order valence-electron chi connectivity index (χ3n) is 3.09. The van der Waals surface area contributed by atoms with E-state index in [1.54, 1.807) is 7.11 Å². The van der Waals surface area contributed by atoms with Crippen LogP contribution in [0.5, 0.6) is 5.75 Å². The molecule has 0 heterocycles. The molecule has 2 N–H and O–H groups in total. The highest BCUT2D eigenvalue weighted by atomic mass is 79.9. The van der Waals surface area contributed by atoms with Gasteiger partial charge in [-0.3, -0.25) is 0 Å². The molecule has 0 aliphatic carbocycles. The first kappa shape index (κ1) is 14.6. The lowest BCUT2D eigenvalue weighted by atomic mass is 9.98. The van der Waals surface area contributed by atoms with Crippen molar-refractivity contribution >= 4 is 31.9 Å². The fourth-order valence-corrected chi connectivity index (χ4v) is 3.04. The van der Waals surface area contributed by atoms with Gasteiger partial charge < -0.3 is 10.5 Å². The summed E-state index contributed by atoms with van der Waals surface area (Å²) in [4.78, 5) is 0. The topological polar surface area (TPSA) is 35.2 Å². The number of hydrogen-bond acceptors (Lipinski definition) is 2. The molecule has 19 heavy (non-hydrogen) atoms. The van der Waals surface area contributed by atoms with Crippen molar-refractivity contribution in [3.8, 4) is 5.75 Å². The van der Waals surface area contributed by atoms with Crippen molar-refractivity contribution in [2.45, 2.75) is 13.0 Å². The van der Waals surface area contributed by atoms with Crippen LogP contribution in [0, 0.1) is 6.92 Å². The molecule has 0 bridgehead atoms. The molecule has 2 nitrogen and oxygen atoms in total. The molecule has 0 radical (unpaired) electrons. The van der Waals surface area contributed by atoms with Crippen LogP contribution < -0.4 is 10.5 Å². The Kier molecular flexibility index (Phi) is 4.66. The molecule has 0 aliphatic heterocycles. The summed E-state index contributed by atoms with van der Waals surface area (Å²) in [5.74, 6) is 0.805. The Labute approximate surface area is 130 Å². The molecule has 0 saturated heterocycles. The molecule has 1 unspecified atom stereocenters. The molecule has 0 amide bonds. The minimum absolute atomic E-state index is 0.170. The lowest BCUT2D eigenvalue weighted by molar-refractivity contribution is 0.412. The monoisotopic (exact) mass is 383 g/mol. The van der Waals surface area contributed by atoms with E-state index < -0.39 is 0 Å². The van der Waals surface area contributed by atoms with Crippen molar-refractivity contribution in [3.05, 3.63) is 62.0 Å². The number of halogens is 2. The Balaban J connectivity index is 2.41. The number of rotatable bonds is 3. The Morgan fingerprint density at radius 1 is 1.16 bits per heavy atom. The summed E-state index contributed by atoms with van der Waals surface area (Å²) < 4.78 is 7.20. The van der Waals surface area contributed by atoms with Gasteiger partial charge in [-0.2, -0.15) is 0 Å². The number of ether oxygens (including phenoxy) is 1. The normalized spacial score (nSPS) is 12.3. The fourth-order valence-electron chi connectivity index (χ4n) is 1.97. The molecule has 0 spiro atoms. The van der Waals surface area contributed by atoms with Crippen molar-refractivity contribution in [1.29, 1.82) is 0 Å². The lowest BCUT2D eigenvalue weighted by Crippen LogP contribution is -2.13. The second-order valence-corrected chi connectivity index (χ2v) is 6.00. The van der Waals surface area contributed by atoms with Crippen LogP contribution in [0.25, 0.3) is 0 Å². The second kappa shape index (κ2) is 6.07. The van der Waals surface area contributed by atoms with E-state index in [2.05, 4.69) is 44.8 Å². The molecule has 100 valence electrons. The highest BCUT2D eigenvalue weighted by Gasteiger charge is 2.14. The molecule has 1 atom stereocenters. The van der Waals surface area contributed by atoms with Crippen LogP contribution in [-0.4, -0.2) is 7.11 Å². The van der Waals surface area contributed by atoms with E-state index in [9.17, 15) is 0 Å². The van der Waals surface area contributed by atoms with Gasteiger partial charge in [-0.05, 0) is 51.7 Å². The predicted molar refractivity (Wildman–Crippen MR) is 85.6 cm³/mol. The summed E-state index contributed by atoms with van der Waals surface area (Å²) >= 11 is 7.10. The van der Waals surface area contributed by atoms with Gasteiger partial charge in [0.05, 0.1) is 17.6 Å². The van der Waals surface area contributed by atoms with Crippen molar-refractivity contribution in [2.75, 3.05) is 7.11 Å². The number of methoxy groups -OCH3 is 1. The summed E-state index contributed by atoms with van der Waals surface area (Å²) in [7, 11) is 1.65. The van der Waals surface area contributed by atoms with Gasteiger partial charge >= 0.3 is 0 Å². The van der Waals surface area contributed by atoms with Crippen molar-refractivity contribution < 1.29 is 4.74 Å². The quantitative estimate of drug-likeness (QED) is 0.840. The van der Waals surface area contributed by atoms with Crippen LogP contribution in [0.4, 0.5) is 0 Å². The van der Waals surface area contributed by atoms with E-state index in [-0.39, 0.29) is 6.04 Å². The zero-order valence-corrected chi connectivity index (χ0v) is 14.0. The van der Waals surface area contributed by atoms with E-state index in [4.69, 9.17) is 10.5 Å². The van der Waals surface area contributed by atoms with Gasteiger partial charge in [-0.1, -0.05) is 40.2 Å². The summed E-state index contributed by atoms with van der Waals surface area (Å²) in [5.41, 5.74) is 9.66. The van der Waals surface area contributed by atoms with Crippen LogP contribution >= 0.6 is 31.9 Å². The summed E-state index contributed by atoms with van der Waals surface area (Å²) in [5, 5.41) is 0. The lowest BCUT2D eigenvalue weighted by Gasteiger charge is -2.16. The third-order valence-corrected chi connectivity index (χ3v) is 4.79. The van der Waals surface area contributed by atoms with Gasteiger partial charge in [0, 0.05) is 4.47 Å². The largest absolute Gasteiger partial charge is 0.496 e. The summed E-state index contributed by atoms with van der Waals surface area (Å²) in [6, 6.07) is 11.9. The van der Waals surface area contributed by atoms with Gasteiger partial charge in [0.15, 0.2) is 0 Å². The predicted octanol–water partition coefficient (Wildman–Crippen LogP) is 4.58. The van der Waals surface area contributed by atoms with Gasteiger partial charge in [0.25, 0.3) is 0 Å². The van der Waals surface area contributed by atoms with E-state index in [0.717, 1.165) is 25.8 Å². The van der Waals surface area contributed by atoms with E-state index in [0.29, 0.717) is 0 Å². The average Bonchev–Trinajstić information content (AvgIpc) is 2.41. The molecule has 0 fully saturated rings. The molecular formula is C15H15Br2NO. The van der Waals surface area contributed by atoms with Gasteiger partial charge in [0.1, 0.15) is 5.75 Å². The number of hydrogen-bond donors (Lipinski definition) is 1. The van der Waals surface area contributed by atoms with E-state index in [1.807, 2.05) is 30.3 Å². The molecule has 0 aliphatic rings. The Morgan fingerprint density at radius 3 is 2.53 bits per heavy atom. The third kappa shape index (κ3) is 3.02. The maximum atomic E-state index is 6.35. The second-order valence-electron chi connectivity index (χ2n) is 4.35. The maximum Gasteiger partial charge on any atom is 0.133 e. The molecule has 2 rings (SSSR count). The fraction of sp³-hybridized carbons (Fsp3) is 0.200.